The molecule has 0 aromatic carbocycles. The first-order valence-electron chi connectivity index (χ1n) is 8.26. The van der Waals surface area contributed by atoms with Crippen LogP contribution in [0.5, 0.6) is 0 Å². The molecule has 3 heterocycles. The predicted molar refractivity (Wildman–Crippen MR) is 89.5 cm³/mol. The van der Waals surface area contributed by atoms with E-state index in [0.717, 1.165) is 30.9 Å². The maximum Gasteiger partial charge on any atom is 0.257 e. The molecular formula is C16H23N7O. The number of nitrogen functional groups attached to an aromatic ring is 1. The van der Waals surface area contributed by atoms with Crippen molar-refractivity contribution < 1.29 is 4.79 Å². The summed E-state index contributed by atoms with van der Waals surface area (Å²) in [6, 6.07) is 0. The van der Waals surface area contributed by atoms with Crippen molar-refractivity contribution in [2.24, 2.45) is 0 Å². The number of nitrogens with zero attached hydrogens (tertiary/aromatic N) is 5. The lowest BCUT2D eigenvalue weighted by atomic mass is 9.96. The van der Waals surface area contributed by atoms with Gasteiger partial charge in [0.05, 0.1) is 11.3 Å². The molecule has 1 aliphatic rings. The van der Waals surface area contributed by atoms with E-state index in [1.807, 2.05) is 25.7 Å². The standard InChI is InChI=1S/C16H23N7O/c1-9(2)13-12(7-18-10(3)19-13)15(24)23-6-4-5-11(8-23)14-20-16(17)22-21-14/h7,9,11H,4-6,8H2,1-3H3,(H3,17,20,21,22). The number of aromatic nitrogens is 5. The average molecular weight is 329 g/mol. The molecule has 0 aliphatic carbocycles. The Labute approximate surface area is 140 Å². The Balaban J connectivity index is 1.82. The minimum absolute atomic E-state index is 0.0177. The number of nitrogens with two attached hydrogens (primary N) is 1. The van der Waals surface area contributed by atoms with Crippen molar-refractivity contribution >= 4 is 11.9 Å². The molecule has 2 aromatic heterocycles. The third kappa shape index (κ3) is 3.22. The van der Waals surface area contributed by atoms with Crippen LogP contribution in [0.25, 0.3) is 0 Å². The molecule has 0 saturated carbocycles. The van der Waals surface area contributed by atoms with Crippen LogP contribution in [0.2, 0.25) is 0 Å². The molecule has 3 N–H and O–H groups in total. The van der Waals surface area contributed by atoms with Gasteiger partial charge in [-0.2, -0.15) is 4.98 Å². The second-order valence-electron chi connectivity index (χ2n) is 6.54. The Kier molecular flexibility index (Phi) is 4.46. The Morgan fingerprint density at radius 1 is 1.42 bits per heavy atom. The molecule has 1 aliphatic heterocycles. The van der Waals surface area contributed by atoms with Crippen molar-refractivity contribution in [1.29, 1.82) is 0 Å². The lowest BCUT2D eigenvalue weighted by Gasteiger charge is -2.32. The number of likely N-dealkylation sites (tertiary alicyclic amines) is 1. The van der Waals surface area contributed by atoms with Crippen LogP contribution in [-0.4, -0.2) is 49.0 Å². The van der Waals surface area contributed by atoms with E-state index in [-0.39, 0.29) is 23.7 Å². The molecule has 1 fully saturated rings. The Morgan fingerprint density at radius 2 is 2.21 bits per heavy atom. The maximum absolute atomic E-state index is 13.0. The molecule has 3 rings (SSSR count). The van der Waals surface area contributed by atoms with Crippen molar-refractivity contribution in [3.05, 3.63) is 29.1 Å². The number of aryl methyl sites for hydroxylation is 1. The summed E-state index contributed by atoms with van der Waals surface area (Å²) in [5.41, 5.74) is 6.98. The van der Waals surface area contributed by atoms with Gasteiger partial charge in [0, 0.05) is 25.2 Å². The highest BCUT2D eigenvalue weighted by Gasteiger charge is 2.29. The molecular weight excluding hydrogens is 306 g/mol. The minimum Gasteiger partial charge on any atom is -0.367 e. The monoisotopic (exact) mass is 329 g/mol. The van der Waals surface area contributed by atoms with Gasteiger partial charge in [0.25, 0.3) is 5.91 Å². The molecule has 1 saturated heterocycles. The number of H-pyrrole nitrogens is 1. The van der Waals surface area contributed by atoms with Gasteiger partial charge in [0.2, 0.25) is 5.95 Å². The first kappa shape index (κ1) is 16.4. The van der Waals surface area contributed by atoms with Gasteiger partial charge in [-0.1, -0.05) is 13.8 Å². The molecule has 128 valence electrons. The van der Waals surface area contributed by atoms with Gasteiger partial charge in [-0.25, -0.2) is 9.97 Å². The molecule has 0 radical (unpaired) electrons. The number of hydrogen-bond acceptors (Lipinski definition) is 6. The van der Waals surface area contributed by atoms with Crippen LogP contribution in [-0.2, 0) is 0 Å². The molecule has 1 unspecified atom stereocenters. The van der Waals surface area contributed by atoms with E-state index in [0.29, 0.717) is 17.9 Å². The zero-order chi connectivity index (χ0) is 17.3. The topological polar surface area (TPSA) is 114 Å². The quantitative estimate of drug-likeness (QED) is 0.884. The van der Waals surface area contributed by atoms with Crippen molar-refractivity contribution in [3.63, 3.8) is 0 Å². The molecule has 0 spiro atoms. The van der Waals surface area contributed by atoms with Crippen LogP contribution in [0.15, 0.2) is 6.20 Å². The number of piperidine rings is 1. The summed E-state index contributed by atoms with van der Waals surface area (Å²) in [6.45, 7) is 7.23. The fourth-order valence-corrected chi connectivity index (χ4v) is 3.12. The number of carbonyl (C=O) groups excluding carboxylic acids is 1. The van der Waals surface area contributed by atoms with Crippen LogP contribution in [0.4, 0.5) is 5.95 Å². The summed E-state index contributed by atoms with van der Waals surface area (Å²) in [5, 5.41) is 6.75. The second-order valence-corrected chi connectivity index (χ2v) is 6.54. The summed E-state index contributed by atoms with van der Waals surface area (Å²) in [6.07, 6.45) is 3.52. The van der Waals surface area contributed by atoms with Crippen LogP contribution in [0.3, 0.4) is 0 Å². The van der Waals surface area contributed by atoms with Gasteiger partial charge in [0.15, 0.2) is 0 Å². The number of hydrogen-bond donors (Lipinski definition) is 2. The molecule has 8 heteroatoms. The first-order chi connectivity index (χ1) is 11.5. The van der Waals surface area contributed by atoms with Gasteiger partial charge in [0.1, 0.15) is 11.6 Å². The van der Waals surface area contributed by atoms with Crippen molar-refractivity contribution in [3.8, 4) is 0 Å². The summed E-state index contributed by atoms with van der Waals surface area (Å²) < 4.78 is 0. The van der Waals surface area contributed by atoms with Crippen LogP contribution in [0, 0.1) is 6.92 Å². The highest BCUT2D eigenvalue weighted by Crippen LogP contribution is 2.27. The smallest absolute Gasteiger partial charge is 0.257 e. The fourth-order valence-electron chi connectivity index (χ4n) is 3.12. The lowest BCUT2D eigenvalue weighted by molar-refractivity contribution is 0.0702. The molecule has 1 atom stereocenters. The van der Waals surface area contributed by atoms with Crippen molar-refractivity contribution in [2.45, 2.75) is 45.4 Å². The van der Waals surface area contributed by atoms with Gasteiger partial charge < -0.3 is 10.6 Å². The van der Waals surface area contributed by atoms with E-state index >= 15 is 0 Å². The van der Waals surface area contributed by atoms with Gasteiger partial charge in [-0.3, -0.25) is 9.89 Å². The first-order valence-corrected chi connectivity index (χ1v) is 8.26. The lowest BCUT2D eigenvalue weighted by Crippen LogP contribution is -2.40. The zero-order valence-electron chi connectivity index (χ0n) is 14.3. The molecule has 8 nitrogen and oxygen atoms in total. The Bertz CT molecular complexity index is 740. The highest BCUT2D eigenvalue weighted by atomic mass is 16.2. The number of amides is 1. The fraction of sp³-hybridized carbons (Fsp3) is 0.562. The number of nitrogens with one attached hydrogen (secondary N) is 1. The van der Waals surface area contributed by atoms with E-state index < -0.39 is 0 Å². The minimum atomic E-state index is -0.0177. The van der Waals surface area contributed by atoms with Gasteiger partial charge in [-0.15, -0.1) is 5.10 Å². The van der Waals surface area contributed by atoms with Crippen molar-refractivity contribution in [1.82, 2.24) is 30.0 Å². The van der Waals surface area contributed by atoms with E-state index in [9.17, 15) is 4.79 Å². The largest absolute Gasteiger partial charge is 0.367 e. The summed E-state index contributed by atoms with van der Waals surface area (Å²) >= 11 is 0. The molecule has 24 heavy (non-hydrogen) atoms. The van der Waals surface area contributed by atoms with Crippen molar-refractivity contribution in [2.75, 3.05) is 18.8 Å². The molecule has 1 amide bonds. The summed E-state index contributed by atoms with van der Waals surface area (Å²) in [4.78, 5) is 27.7. The van der Waals surface area contributed by atoms with Crippen LogP contribution < -0.4 is 5.73 Å². The third-order valence-electron chi connectivity index (χ3n) is 4.33. The third-order valence-corrected chi connectivity index (χ3v) is 4.33. The highest BCUT2D eigenvalue weighted by molar-refractivity contribution is 5.95. The SMILES string of the molecule is Cc1ncc(C(=O)N2CCCC(c3nc(N)n[nH]3)C2)c(C(C)C)n1. The normalized spacial score (nSPS) is 18.2. The van der Waals surface area contributed by atoms with Crippen LogP contribution in [0.1, 0.15) is 66.2 Å². The number of carbonyl (C=O) groups is 1. The molecule has 2 aromatic rings. The predicted octanol–water partition coefficient (Wildman–Crippen LogP) is 1.63. The zero-order valence-corrected chi connectivity index (χ0v) is 14.3. The van der Waals surface area contributed by atoms with E-state index in [1.165, 1.54) is 0 Å². The van der Waals surface area contributed by atoms with Gasteiger partial charge >= 0.3 is 0 Å². The Morgan fingerprint density at radius 3 is 2.88 bits per heavy atom. The maximum atomic E-state index is 13.0. The number of rotatable bonds is 3. The number of anilines is 1. The summed E-state index contributed by atoms with van der Waals surface area (Å²) in [5.74, 6) is 1.94. The van der Waals surface area contributed by atoms with E-state index in [2.05, 4.69) is 25.1 Å². The average Bonchev–Trinajstić information content (AvgIpc) is 3.01. The number of aromatic amines is 1. The van der Waals surface area contributed by atoms with E-state index in [1.54, 1.807) is 6.20 Å². The summed E-state index contributed by atoms with van der Waals surface area (Å²) in [7, 11) is 0. The van der Waals surface area contributed by atoms with Crippen LogP contribution >= 0.6 is 0 Å². The Hall–Kier alpha value is -2.51. The molecule has 0 bridgehead atoms. The van der Waals surface area contributed by atoms with Gasteiger partial charge in [-0.05, 0) is 25.7 Å². The van der Waals surface area contributed by atoms with E-state index in [4.69, 9.17) is 5.73 Å². The second kappa shape index (κ2) is 6.54.